The molecular weight excluding hydrogens is 462 g/mol. The number of aliphatic hydroxyl groups excluding tert-OH is 1. The van der Waals surface area contributed by atoms with E-state index in [9.17, 15) is 34.5 Å². The first-order valence-corrected chi connectivity index (χ1v) is 12.2. The van der Waals surface area contributed by atoms with E-state index in [2.05, 4.69) is 0 Å². The van der Waals surface area contributed by atoms with Crippen LogP contribution in [0, 0.1) is 24.7 Å². The maximum Gasteiger partial charge on any atom is 0.225 e. The van der Waals surface area contributed by atoms with E-state index in [1.807, 2.05) is 31.2 Å². The van der Waals surface area contributed by atoms with E-state index >= 15 is 0 Å². The average Bonchev–Trinajstić information content (AvgIpc) is 2.82. The van der Waals surface area contributed by atoms with Gasteiger partial charge in [-0.05, 0) is 67.7 Å². The van der Waals surface area contributed by atoms with Gasteiger partial charge in [-0.25, -0.2) is 0 Å². The molecule has 4 rings (SSSR count). The van der Waals surface area contributed by atoms with E-state index in [4.69, 9.17) is 5.73 Å². The smallest absolute Gasteiger partial charge is 0.225 e. The average molecular weight is 494 g/mol. The van der Waals surface area contributed by atoms with Crippen molar-refractivity contribution in [3.05, 3.63) is 64.2 Å². The first-order chi connectivity index (χ1) is 17.1. The summed E-state index contributed by atoms with van der Waals surface area (Å²) in [5.74, 6) is -6.70. The molecule has 1 fully saturated rings. The predicted octanol–water partition coefficient (Wildman–Crippen LogP) is 1.60. The third-order valence-corrected chi connectivity index (χ3v) is 7.73. The number of aryl methyl sites for hydroxylation is 3. The van der Waals surface area contributed by atoms with Crippen molar-refractivity contribution in [3.8, 4) is 5.75 Å². The number of phenols is 1. The van der Waals surface area contributed by atoms with Crippen molar-refractivity contribution in [2.45, 2.75) is 51.0 Å². The van der Waals surface area contributed by atoms with Crippen LogP contribution in [-0.4, -0.2) is 50.8 Å². The summed E-state index contributed by atoms with van der Waals surface area (Å²) in [6.45, 7) is 1.63. The number of nitrogens with two attached hydrogens (primary N) is 1. The summed E-state index contributed by atoms with van der Waals surface area (Å²) < 4.78 is 0. The van der Waals surface area contributed by atoms with Gasteiger partial charge in [-0.15, -0.1) is 0 Å². The molecule has 2 aliphatic rings. The summed E-state index contributed by atoms with van der Waals surface area (Å²) >= 11 is 0. The maximum absolute atomic E-state index is 13.6. The van der Waals surface area contributed by atoms with Gasteiger partial charge in [0, 0.05) is 12.5 Å². The van der Waals surface area contributed by atoms with Gasteiger partial charge in [0.15, 0.2) is 23.0 Å². The number of carbonyl (C=O) groups is 4. The van der Waals surface area contributed by atoms with Gasteiger partial charge in [-0.1, -0.05) is 35.9 Å². The van der Waals surface area contributed by atoms with E-state index in [1.54, 1.807) is 6.07 Å². The highest BCUT2D eigenvalue weighted by Gasteiger charge is 2.60. The lowest BCUT2D eigenvalue weighted by molar-refractivity contribution is -0.167. The number of aliphatic hydroxyl groups is 2. The number of hydrogen-bond acceptors (Lipinski definition) is 7. The molecule has 2 aromatic carbocycles. The molecule has 0 radical (unpaired) electrons. The molecule has 0 aliphatic heterocycles. The first-order valence-electron chi connectivity index (χ1n) is 12.2. The fourth-order valence-corrected chi connectivity index (χ4v) is 5.87. The Balaban J connectivity index is 1.69. The molecule has 0 saturated heterocycles. The zero-order chi connectivity index (χ0) is 26.2. The van der Waals surface area contributed by atoms with Crippen molar-refractivity contribution in [2.75, 3.05) is 6.61 Å². The summed E-state index contributed by atoms with van der Waals surface area (Å²) in [5.41, 5.74) is 6.46. The van der Waals surface area contributed by atoms with Gasteiger partial charge in [-0.3, -0.25) is 19.2 Å². The Morgan fingerprint density at radius 2 is 1.78 bits per heavy atom. The molecule has 8 heteroatoms. The van der Waals surface area contributed by atoms with Crippen LogP contribution >= 0.6 is 0 Å². The summed E-state index contributed by atoms with van der Waals surface area (Å²) in [4.78, 5) is 51.3. The third kappa shape index (κ3) is 4.47. The number of phenolic OH excluding ortho intramolecular Hbond substituents is 1. The fraction of sp³-hybridized carbons (Fsp3) is 0.429. The third-order valence-electron chi connectivity index (χ3n) is 7.73. The van der Waals surface area contributed by atoms with Gasteiger partial charge in [0.25, 0.3) is 0 Å². The van der Waals surface area contributed by atoms with Crippen molar-refractivity contribution in [1.82, 2.24) is 0 Å². The molecule has 36 heavy (non-hydrogen) atoms. The normalized spacial score (nSPS) is 25.2. The van der Waals surface area contributed by atoms with Crippen molar-refractivity contribution >= 4 is 23.3 Å². The van der Waals surface area contributed by atoms with Crippen LogP contribution < -0.4 is 5.73 Å². The summed E-state index contributed by atoms with van der Waals surface area (Å²) in [7, 11) is 0. The highest BCUT2D eigenvalue weighted by molar-refractivity contribution is 6.24. The van der Waals surface area contributed by atoms with Crippen molar-refractivity contribution in [2.24, 2.45) is 23.5 Å². The number of hydrogen-bond donors (Lipinski definition) is 4. The highest BCUT2D eigenvalue weighted by Crippen LogP contribution is 2.48. The van der Waals surface area contributed by atoms with Crippen LogP contribution in [0.2, 0.25) is 0 Å². The Kier molecular flexibility index (Phi) is 7.11. The van der Waals surface area contributed by atoms with Crippen LogP contribution in [0.15, 0.2) is 36.4 Å². The highest BCUT2D eigenvalue weighted by atomic mass is 16.3. The Bertz CT molecular complexity index is 1220. The monoisotopic (exact) mass is 493 g/mol. The second-order valence-corrected chi connectivity index (χ2v) is 10.0. The van der Waals surface area contributed by atoms with E-state index in [0.29, 0.717) is 18.4 Å². The number of benzene rings is 2. The molecule has 8 nitrogen and oxygen atoms in total. The SMILES string of the molecule is Cc1ccc(CCc2ccc(O)c3c2C[C@H]2C[C@@H](CCO)[C@@](O)(C(=O)CC(N)=O)C(=O)C2C3=O)cc1. The summed E-state index contributed by atoms with van der Waals surface area (Å²) in [5, 5.41) is 31.4. The van der Waals surface area contributed by atoms with E-state index in [1.165, 1.54) is 6.07 Å². The fourth-order valence-electron chi connectivity index (χ4n) is 5.87. The van der Waals surface area contributed by atoms with Gasteiger partial charge in [0.05, 0.1) is 17.9 Å². The lowest BCUT2D eigenvalue weighted by Crippen LogP contribution is -2.63. The number of carbonyl (C=O) groups excluding carboxylic acids is 4. The van der Waals surface area contributed by atoms with Gasteiger partial charge in [0.2, 0.25) is 5.91 Å². The van der Waals surface area contributed by atoms with E-state index < -0.39 is 53.0 Å². The molecule has 1 saturated carbocycles. The Morgan fingerprint density at radius 1 is 1.08 bits per heavy atom. The van der Waals surface area contributed by atoms with Crippen LogP contribution in [0.4, 0.5) is 0 Å². The number of rotatable bonds is 8. The second kappa shape index (κ2) is 9.95. The molecule has 4 atom stereocenters. The number of Topliss-reactive ketones (excluding diaryl/α,β-unsaturated/α-hetero) is 3. The minimum Gasteiger partial charge on any atom is -0.507 e. The van der Waals surface area contributed by atoms with Crippen LogP contribution in [-0.2, 0) is 33.6 Å². The van der Waals surface area contributed by atoms with Gasteiger partial charge >= 0.3 is 0 Å². The maximum atomic E-state index is 13.6. The van der Waals surface area contributed by atoms with Crippen LogP contribution in [0.25, 0.3) is 0 Å². The standard InChI is InChI=1S/C28H31NO7/c1-15-2-4-16(5-3-15)6-7-17-8-9-21(31)25-20(17)13-18-12-19(10-11-30)28(36,22(32)14-23(29)33)27(35)24(18)26(25)34/h2-5,8-9,18-19,24,30-31,36H,6-7,10-14H2,1H3,(H2,29,33)/t18-,19-,24?,28-/m1/s1. The van der Waals surface area contributed by atoms with Crippen LogP contribution in [0.3, 0.4) is 0 Å². The molecule has 5 N–H and O–H groups in total. The number of ketones is 3. The van der Waals surface area contributed by atoms with Crippen LogP contribution in [0.1, 0.15) is 51.9 Å². The second-order valence-electron chi connectivity index (χ2n) is 10.0. The molecule has 0 bridgehead atoms. The van der Waals surface area contributed by atoms with Gasteiger partial charge < -0.3 is 21.1 Å². The Hall–Kier alpha value is -3.36. The van der Waals surface area contributed by atoms with Gasteiger partial charge in [-0.2, -0.15) is 0 Å². The molecule has 1 unspecified atom stereocenters. The lowest BCUT2D eigenvalue weighted by atomic mass is 9.57. The molecule has 1 amide bonds. The molecular formula is C28H31NO7. The topological polar surface area (TPSA) is 155 Å². The van der Waals surface area contributed by atoms with Crippen molar-refractivity contribution in [1.29, 1.82) is 0 Å². The van der Waals surface area contributed by atoms with E-state index in [-0.39, 0.29) is 30.8 Å². The minimum absolute atomic E-state index is 0.0443. The summed E-state index contributed by atoms with van der Waals surface area (Å²) in [6, 6.07) is 11.4. The number of amides is 1. The van der Waals surface area contributed by atoms with Crippen molar-refractivity contribution < 1.29 is 34.5 Å². The zero-order valence-electron chi connectivity index (χ0n) is 20.2. The number of aromatic hydroxyl groups is 1. The summed E-state index contributed by atoms with van der Waals surface area (Å²) in [6.07, 6.45) is 0.921. The molecule has 0 heterocycles. The Labute approximate surface area is 209 Å². The number of primary amides is 1. The van der Waals surface area contributed by atoms with Crippen LogP contribution in [0.5, 0.6) is 5.75 Å². The van der Waals surface area contributed by atoms with E-state index in [0.717, 1.165) is 23.1 Å². The quantitative estimate of drug-likeness (QED) is 0.407. The first kappa shape index (κ1) is 25.7. The molecule has 2 aliphatic carbocycles. The van der Waals surface area contributed by atoms with Gasteiger partial charge in [0.1, 0.15) is 5.75 Å². The predicted molar refractivity (Wildman–Crippen MR) is 130 cm³/mol. The molecule has 2 aromatic rings. The number of fused-ring (bicyclic) bond motifs is 2. The molecule has 0 spiro atoms. The zero-order valence-corrected chi connectivity index (χ0v) is 20.2. The van der Waals surface area contributed by atoms with Crippen molar-refractivity contribution in [3.63, 3.8) is 0 Å². The largest absolute Gasteiger partial charge is 0.507 e. The molecule has 0 aromatic heterocycles. The Morgan fingerprint density at radius 3 is 2.42 bits per heavy atom. The molecule has 190 valence electrons. The lowest BCUT2D eigenvalue weighted by Gasteiger charge is -2.46. The minimum atomic E-state index is -2.59.